The Morgan fingerprint density at radius 2 is 0.700 bits per heavy atom. The Hall–Kier alpha value is -8.96. The van der Waals surface area contributed by atoms with Gasteiger partial charge in [-0.05, 0) is 80.9 Å². The third-order valence-corrected chi connectivity index (χ3v) is 19.6. The van der Waals surface area contributed by atoms with Crippen LogP contribution >= 0.6 is 0 Å². The fraction of sp³-hybridized carbons (Fsp3) is 0. The molecule has 0 amide bonds. The Kier molecular flexibility index (Phi) is 9.23. The molecule has 3 heterocycles. The van der Waals surface area contributed by atoms with Crippen molar-refractivity contribution in [2.24, 2.45) is 0 Å². The molecule has 11 aromatic carbocycles. The molecule has 0 unspecified atom stereocenters. The molecule has 0 radical (unpaired) electrons. The molecule has 0 spiro atoms. The largest absolute Gasteiger partial charge is 0.309 e. The van der Waals surface area contributed by atoms with Crippen LogP contribution in [0.2, 0.25) is 0 Å². The third kappa shape index (κ3) is 5.87. The molecule has 0 bridgehead atoms. The third-order valence-electron chi connectivity index (χ3n) is 14.8. The molecular weight excluding hydrogens is 863 g/mol. The fourth-order valence-corrected chi connectivity index (χ4v) is 16.9. The van der Waals surface area contributed by atoms with Crippen LogP contribution in [0.25, 0.3) is 93.6 Å². The Balaban J connectivity index is 1.14. The molecule has 14 aromatic rings. The number of para-hydroxylation sites is 5. The van der Waals surface area contributed by atoms with Crippen molar-refractivity contribution in [3.63, 3.8) is 0 Å². The first kappa shape index (κ1) is 40.1. The van der Waals surface area contributed by atoms with Crippen LogP contribution in [0.1, 0.15) is 0 Å². The molecule has 0 aliphatic rings. The van der Waals surface area contributed by atoms with Crippen molar-refractivity contribution in [3.05, 3.63) is 273 Å². The molecular formula is C66H45N3Si. The van der Waals surface area contributed by atoms with Gasteiger partial charge in [0.05, 0.1) is 44.5 Å². The van der Waals surface area contributed by atoms with Crippen LogP contribution < -0.4 is 20.7 Å². The lowest BCUT2D eigenvalue weighted by atomic mass is 10.0. The maximum absolute atomic E-state index is 2.99. The Morgan fingerprint density at radius 3 is 1.31 bits per heavy atom. The number of aromatic nitrogens is 3. The van der Waals surface area contributed by atoms with E-state index in [0.717, 1.165) is 28.1 Å². The number of hydrogen-bond donors (Lipinski definition) is 0. The van der Waals surface area contributed by atoms with Gasteiger partial charge in [0.25, 0.3) is 0 Å². The Bertz CT molecular complexity index is 4130. The maximum atomic E-state index is 2.58. The van der Waals surface area contributed by atoms with Gasteiger partial charge in [0.2, 0.25) is 0 Å². The van der Waals surface area contributed by atoms with Crippen molar-refractivity contribution in [1.29, 1.82) is 0 Å². The van der Waals surface area contributed by atoms with E-state index in [2.05, 4.69) is 287 Å². The normalized spacial score (nSPS) is 12.0. The predicted octanol–water partition coefficient (Wildman–Crippen LogP) is 14.0. The summed E-state index contributed by atoms with van der Waals surface area (Å²) >= 11 is 0. The van der Waals surface area contributed by atoms with Crippen LogP contribution in [0, 0.1) is 0 Å². The molecule has 0 saturated carbocycles. The molecule has 14 rings (SSSR count). The molecule has 0 saturated heterocycles. The molecule has 70 heavy (non-hydrogen) atoms. The van der Waals surface area contributed by atoms with E-state index in [1.165, 1.54) is 86.3 Å². The second-order valence-corrected chi connectivity index (χ2v) is 22.1. The zero-order valence-electron chi connectivity index (χ0n) is 38.3. The van der Waals surface area contributed by atoms with Gasteiger partial charge in [-0.15, -0.1) is 0 Å². The Morgan fingerprint density at radius 1 is 0.271 bits per heavy atom. The van der Waals surface area contributed by atoms with E-state index in [-0.39, 0.29) is 0 Å². The average Bonchev–Trinajstić information content (AvgIpc) is 4.08. The number of fused-ring (bicyclic) bond motifs is 9. The van der Waals surface area contributed by atoms with E-state index >= 15 is 0 Å². The van der Waals surface area contributed by atoms with Gasteiger partial charge >= 0.3 is 0 Å². The summed E-state index contributed by atoms with van der Waals surface area (Å²) in [6, 6.07) is 101. The first-order valence-electron chi connectivity index (χ1n) is 24.2. The highest BCUT2D eigenvalue weighted by Gasteiger charge is 2.43. The zero-order valence-corrected chi connectivity index (χ0v) is 39.3. The van der Waals surface area contributed by atoms with Gasteiger partial charge in [0.15, 0.2) is 8.07 Å². The smallest absolute Gasteiger partial charge is 0.181 e. The van der Waals surface area contributed by atoms with Gasteiger partial charge in [-0.3, -0.25) is 0 Å². The van der Waals surface area contributed by atoms with Crippen molar-refractivity contribution in [1.82, 2.24) is 13.7 Å². The van der Waals surface area contributed by atoms with Gasteiger partial charge in [0, 0.05) is 43.6 Å². The number of nitrogens with zero attached hydrogens (tertiary/aromatic N) is 3. The minimum atomic E-state index is -2.99. The lowest BCUT2D eigenvalue weighted by Gasteiger charge is -2.35. The van der Waals surface area contributed by atoms with Crippen molar-refractivity contribution in [2.45, 2.75) is 0 Å². The highest BCUT2D eigenvalue weighted by Crippen LogP contribution is 2.43. The van der Waals surface area contributed by atoms with E-state index in [9.17, 15) is 0 Å². The van der Waals surface area contributed by atoms with E-state index in [4.69, 9.17) is 0 Å². The average molecular weight is 908 g/mol. The summed E-state index contributed by atoms with van der Waals surface area (Å²) in [6.07, 6.45) is 0. The second kappa shape index (κ2) is 16.1. The first-order chi connectivity index (χ1) is 34.8. The van der Waals surface area contributed by atoms with Crippen LogP contribution in [0.5, 0.6) is 0 Å². The van der Waals surface area contributed by atoms with Crippen molar-refractivity contribution >= 4 is 94.2 Å². The number of rotatable bonds is 8. The molecule has 0 N–H and O–H groups in total. The van der Waals surface area contributed by atoms with Crippen LogP contribution in [0.4, 0.5) is 0 Å². The topological polar surface area (TPSA) is 14.8 Å². The predicted molar refractivity (Wildman–Crippen MR) is 299 cm³/mol. The summed E-state index contributed by atoms with van der Waals surface area (Å²) in [6.45, 7) is 0. The monoisotopic (exact) mass is 907 g/mol. The quantitative estimate of drug-likeness (QED) is 0.107. The summed E-state index contributed by atoms with van der Waals surface area (Å²) in [7, 11) is -2.99. The lowest BCUT2D eigenvalue weighted by Crippen LogP contribution is -2.75. The first-order valence-corrected chi connectivity index (χ1v) is 26.2. The summed E-state index contributed by atoms with van der Waals surface area (Å²) < 4.78 is 7.58. The van der Waals surface area contributed by atoms with Gasteiger partial charge in [-0.2, -0.15) is 0 Å². The molecule has 0 atom stereocenters. The second-order valence-electron chi connectivity index (χ2n) is 18.4. The van der Waals surface area contributed by atoms with Crippen LogP contribution in [-0.2, 0) is 0 Å². The zero-order chi connectivity index (χ0) is 46.2. The van der Waals surface area contributed by atoms with Crippen molar-refractivity contribution in [3.8, 4) is 28.2 Å². The Labute approximate surface area is 407 Å². The lowest BCUT2D eigenvalue weighted by molar-refractivity contribution is 1.16. The number of benzene rings is 11. The summed E-state index contributed by atoms with van der Waals surface area (Å²) in [4.78, 5) is 0. The van der Waals surface area contributed by atoms with E-state index in [0.29, 0.717) is 0 Å². The molecule has 4 heteroatoms. The maximum Gasteiger partial charge on any atom is 0.181 e. The summed E-state index contributed by atoms with van der Waals surface area (Å²) in [5.74, 6) is 0. The van der Waals surface area contributed by atoms with E-state index < -0.39 is 8.07 Å². The number of hydrogen-bond acceptors (Lipinski definition) is 0. The minimum Gasteiger partial charge on any atom is -0.309 e. The molecule has 0 fully saturated rings. The summed E-state index contributed by atoms with van der Waals surface area (Å²) in [5, 5.41) is 12.8. The van der Waals surface area contributed by atoms with E-state index in [1.54, 1.807) is 0 Å². The highest BCUT2D eigenvalue weighted by atomic mass is 28.3. The van der Waals surface area contributed by atoms with Gasteiger partial charge in [-0.1, -0.05) is 218 Å². The SMILES string of the molecule is c1ccc(-c2ccccc2-n2c3ccc(-n4c5ccccc5c5cccc([Si](c6ccccc6)(c6ccccc6)c6ccccc6)c54)cc3c3c(-n4c5ccccc5c5ccccc54)cccc32)cc1. The van der Waals surface area contributed by atoms with E-state index in [1.807, 2.05) is 0 Å². The van der Waals surface area contributed by atoms with Gasteiger partial charge < -0.3 is 13.7 Å². The van der Waals surface area contributed by atoms with Gasteiger partial charge in [-0.25, -0.2) is 0 Å². The molecule has 328 valence electrons. The molecule has 3 aromatic heterocycles. The minimum absolute atomic E-state index is 1.12. The highest BCUT2D eigenvalue weighted by molar-refractivity contribution is 7.20. The van der Waals surface area contributed by atoms with Crippen LogP contribution in [0.15, 0.2) is 273 Å². The fourth-order valence-electron chi connectivity index (χ4n) is 12.0. The molecule has 3 nitrogen and oxygen atoms in total. The molecule has 0 aliphatic heterocycles. The van der Waals surface area contributed by atoms with Crippen molar-refractivity contribution in [2.75, 3.05) is 0 Å². The van der Waals surface area contributed by atoms with Crippen LogP contribution in [0.3, 0.4) is 0 Å². The van der Waals surface area contributed by atoms with Gasteiger partial charge in [0.1, 0.15) is 0 Å². The summed E-state index contributed by atoms with van der Waals surface area (Å²) in [5.41, 5.74) is 12.9. The van der Waals surface area contributed by atoms with Crippen LogP contribution in [-0.4, -0.2) is 21.8 Å². The van der Waals surface area contributed by atoms with Crippen molar-refractivity contribution < 1.29 is 0 Å². The molecule has 0 aliphatic carbocycles. The standard InChI is InChI=1S/C66H45N3Si/c1-5-23-46(24-6-1)51-31-13-17-36-57(51)68-61-44-43-47(45-56(61)65-62(68)40-22-41-63(65)69-59-38-19-14-32-52(59)53-33-15-20-39-60(53)69)67-58-37-18-16-34-54(58)55-35-21-42-64(66(55)67)70(48-25-7-2-8-26-48,49-27-9-3-10-28-49)50-29-11-4-12-30-50/h1-45H.